The van der Waals surface area contributed by atoms with Gasteiger partial charge in [0.15, 0.2) is 0 Å². The van der Waals surface area contributed by atoms with Crippen molar-refractivity contribution in [3.05, 3.63) is 48.2 Å². The van der Waals surface area contributed by atoms with Gasteiger partial charge >= 0.3 is 0 Å². The Morgan fingerprint density at radius 2 is 2.10 bits per heavy atom. The molecule has 3 aromatic rings. The number of fused-ring (bicyclic) bond motifs is 3. The smallest absolute Gasteiger partial charge is 0.275 e. The van der Waals surface area contributed by atoms with Crippen LogP contribution in [0.1, 0.15) is 25.1 Å². The van der Waals surface area contributed by atoms with Gasteiger partial charge in [-0.25, -0.2) is 18.2 Å². The van der Waals surface area contributed by atoms with E-state index in [9.17, 15) is 18.0 Å². The summed E-state index contributed by atoms with van der Waals surface area (Å²) in [6, 6.07) is 5.17. The van der Waals surface area contributed by atoms with Gasteiger partial charge in [0.1, 0.15) is 23.4 Å². The van der Waals surface area contributed by atoms with Gasteiger partial charge in [-0.3, -0.25) is 14.5 Å². The van der Waals surface area contributed by atoms with Gasteiger partial charge in [-0.15, -0.1) is 0 Å². The van der Waals surface area contributed by atoms with Crippen molar-refractivity contribution < 1.29 is 18.0 Å². The van der Waals surface area contributed by atoms with Crippen LogP contribution in [0, 0.1) is 11.7 Å². The van der Waals surface area contributed by atoms with Gasteiger partial charge in [0, 0.05) is 24.4 Å². The van der Waals surface area contributed by atoms with E-state index in [2.05, 4.69) is 20.4 Å². The van der Waals surface area contributed by atoms with E-state index in [0.717, 1.165) is 6.20 Å². The third-order valence-electron chi connectivity index (χ3n) is 5.45. The summed E-state index contributed by atoms with van der Waals surface area (Å²) in [4.78, 5) is 19.6. The maximum absolute atomic E-state index is 14.2. The lowest BCUT2D eigenvalue weighted by Gasteiger charge is -2.13. The highest BCUT2D eigenvalue weighted by molar-refractivity contribution is 5.89. The van der Waals surface area contributed by atoms with Crippen LogP contribution in [0.2, 0.25) is 0 Å². The van der Waals surface area contributed by atoms with Gasteiger partial charge in [0.2, 0.25) is 5.91 Å². The molecule has 5 rings (SSSR count). The summed E-state index contributed by atoms with van der Waals surface area (Å²) in [6.07, 6.45) is 3.42. The number of alkyl halides is 2. The summed E-state index contributed by atoms with van der Waals surface area (Å²) in [5.74, 6) is -3.90. The average Bonchev–Trinajstić information content (AvgIpc) is 3.06. The van der Waals surface area contributed by atoms with Crippen LogP contribution in [0.25, 0.3) is 22.5 Å². The minimum atomic E-state index is -2.78. The fourth-order valence-corrected chi connectivity index (χ4v) is 4.12. The molecule has 1 saturated carbocycles. The molecule has 0 unspecified atom stereocenters. The lowest BCUT2D eigenvalue weighted by molar-refractivity contribution is -0.114. The van der Waals surface area contributed by atoms with Crippen molar-refractivity contribution in [1.82, 2.24) is 19.7 Å². The van der Waals surface area contributed by atoms with Crippen molar-refractivity contribution in [3.8, 4) is 22.5 Å². The number of amides is 1. The summed E-state index contributed by atoms with van der Waals surface area (Å²) in [7, 11) is 0. The van der Waals surface area contributed by atoms with Gasteiger partial charge in [0.25, 0.3) is 5.92 Å². The van der Waals surface area contributed by atoms with E-state index in [1.54, 1.807) is 12.1 Å². The van der Waals surface area contributed by atoms with Crippen molar-refractivity contribution in [2.75, 3.05) is 5.32 Å². The number of hydrogen-bond acceptors (Lipinski definition) is 4. The molecule has 4 heterocycles. The number of pyridine rings is 2. The van der Waals surface area contributed by atoms with Gasteiger partial charge in [0.05, 0.1) is 17.8 Å². The Labute approximate surface area is 163 Å². The number of aromatic nitrogens is 4. The molecular formula is C20H16F3N5O. The molecule has 0 saturated heterocycles. The molecule has 0 radical (unpaired) electrons. The Hall–Kier alpha value is -3.23. The number of nitrogens with zero attached hydrogens (tertiary/aromatic N) is 4. The number of halogens is 3. The third kappa shape index (κ3) is 2.80. The Kier molecular flexibility index (Phi) is 3.77. The summed E-state index contributed by atoms with van der Waals surface area (Å²) in [5, 5.41) is 7.10. The molecule has 1 aliphatic heterocycles. The first-order valence-electron chi connectivity index (χ1n) is 9.21. The molecule has 1 aliphatic carbocycles. The highest BCUT2D eigenvalue weighted by Gasteiger charge is 2.71. The van der Waals surface area contributed by atoms with Crippen LogP contribution in [0.4, 0.5) is 19.0 Å². The normalized spacial score (nSPS) is 21.2. The molecule has 2 atom stereocenters. The van der Waals surface area contributed by atoms with Crippen LogP contribution >= 0.6 is 0 Å². The molecule has 2 aliphatic rings. The standard InChI is InChI=1S/C20H16F3N5O/c1-10(29)26-16-8-11(6-7-24-16)17-15-5-3-13-19(20(13,22)23)28(15)27-18(17)14-4-2-12(21)9-25-14/h2,4,6-9,13,19H,3,5H2,1H3,(H,24,26,29)/t13-,19+/m1/s1. The Morgan fingerprint density at radius 1 is 1.28 bits per heavy atom. The highest BCUT2D eigenvalue weighted by Crippen LogP contribution is 2.63. The molecule has 9 heteroatoms. The monoisotopic (exact) mass is 399 g/mol. The second kappa shape index (κ2) is 6.13. The lowest BCUT2D eigenvalue weighted by atomic mass is 9.97. The fourth-order valence-electron chi connectivity index (χ4n) is 4.12. The number of rotatable bonds is 3. The first-order chi connectivity index (χ1) is 13.9. The van der Waals surface area contributed by atoms with Gasteiger partial charge in [-0.1, -0.05) is 0 Å². The van der Waals surface area contributed by atoms with Crippen molar-refractivity contribution in [2.45, 2.75) is 31.7 Å². The third-order valence-corrected chi connectivity index (χ3v) is 5.45. The molecule has 1 fully saturated rings. The molecule has 1 amide bonds. The zero-order chi connectivity index (χ0) is 20.3. The fraction of sp³-hybridized carbons (Fsp3) is 0.300. The number of carbonyl (C=O) groups excluding carboxylic acids is 1. The number of anilines is 1. The summed E-state index contributed by atoms with van der Waals surface area (Å²) < 4.78 is 43.2. The Balaban J connectivity index is 1.70. The predicted molar refractivity (Wildman–Crippen MR) is 98.7 cm³/mol. The highest BCUT2D eigenvalue weighted by atomic mass is 19.3. The molecular weight excluding hydrogens is 383 g/mol. The van der Waals surface area contributed by atoms with E-state index >= 15 is 0 Å². The van der Waals surface area contributed by atoms with Gasteiger partial charge in [-0.05, 0) is 42.7 Å². The Morgan fingerprint density at radius 3 is 2.83 bits per heavy atom. The largest absolute Gasteiger partial charge is 0.311 e. The van der Waals surface area contributed by atoms with E-state index in [1.165, 1.54) is 29.9 Å². The minimum Gasteiger partial charge on any atom is -0.311 e. The van der Waals surface area contributed by atoms with Crippen LogP contribution in [0.15, 0.2) is 36.7 Å². The summed E-state index contributed by atoms with van der Waals surface area (Å²) in [5.41, 5.74) is 2.81. The first kappa shape index (κ1) is 17.8. The zero-order valence-corrected chi connectivity index (χ0v) is 15.4. The summed E-state index contributed by atoms with van der Waals surface area (Å²) >= 11 is 0. The lowest BCUT2D eigenvalue weighted by Crippen LogP contribution is -2.11. The van der Waals surface area contributed by atoms with Crippen LogP contribution in [-0.4, -0.2) is 31.6 Å². The second-order valence-electron chi connectivity index (χ2n) is 7.35. The molecule has 148 valence electrons. The van der Waals surface area contributed by atoms with E-state index in [1.807, 2.05) is 0 Å². The van der Waals surface area contributed by atoms with E-state index in [-0.39, 0.29) is 5.91 Å². The van der Waals surface area contributed by atoms with E-state index in [4.69, 9.17) is 0 Å². The van der Waals surface area contributed by atoms with Crippen molar-refractivity contribution in [3.63, 3.8) is 0 Å². The van der Waals surface area contributed by atoms with Crippen molar-refractivity contribution in [1.29, 1.82) is 0 Å². The number of carbonyl (C=O) groups is 1. The molecule has 0 aromatic carbocycles. The molecule has 0 spiro atoms. The van der Waals surface area contributed by atoms with Crippen LogP contribution in [-0.2, 0) is 11.2 Å². The first-order valence-corrected chi connectivity index (χ1v) is 9.21. The Bertz CT molecular complexity index is 1130. The molecule has 29 heavy (non-hydrogen) atoms. The van der Waals surface area contributed by atoms with Crippen LogP contribution in [0.3, 0.4) is 0 Å². The quantitative estimate of drug-likeness (QED) is 0.726. The number of hydrogen-bond donors (Lipinski definition) is 1. The van der Waals surface area contributed by atoms with Crippen LogP contribution in [0.5, 0.6) is 0 Å². The van der Waals surface area contributed by atoms with E-state index in [0.29, 0.717) is 46.9 Å². The molecule has 0 bridgehead atoms. The van der Waals surface area contributed by atoms with Gasteiger partial charge in [-0.2, -0.15) is 5.10 Å². The van der Waals surface area contributed by atoms with Crippen molar-refractivity contribution in [2.24, 2.45) is 5.92 Å². The second-order valence-corrected chi connectivity index (χ2v) is 7.35. The summed E-state index contributed by atoms with van der Waals surface area (Å²) in [6.45, 7) is 1.37. The maximum Gasteiger partial charge on any atom is 0.275 e. The van der Waals surface area contributed by atoms with Crippen LogP contribution < -0.4 is 5.32 Å². The topological polar surface area (TPSA) is 72.7 Å². The van der Waals surface area contributed by atoms with Crippen molar-refractivity contribution >= 4 is 11.7 Å². The average molecular weight is 399 g/mol. The zero-order valence-electron chi connectivity index (χ0n) is 15.4. The molecule has 6 nitrogen and oxygen atoms in total. The molecule has 3 aromatic heterocycles. The number of nitrogens with one attached hydrogen (secondary N) is 1. The van der Waals surface area contributed by atoms with E-state index < -0.39 is 23.7 Å². The molecule has 1 N–H and O–H groups in total. The SMILES string of the molecule is CC(=O)Nc1cc(-c2c(-c3ccc(F)cn3)nn3c2CC[C@@H]2[C@H]3C2(F)F)ccn1. The van der Waals surface area contributed by atoms with Gasteiger partial charge < -0.3 is 5.32 Å². The predicted octanol–water partition coefficient (Wildman–Crippen LogP) is 3.86. The maximum atomic E-state index is 14.2. The minimum absolute atomic E-state index is 0.271.